The van der Waals surface area contributed by atoms with Gasteiger partial charge in [-0.25, -0.2) is 9.78 Å². The van der Waals surface area contributed by atoms with Gasteiger partial charge >= 0.3 is 12.1 Å². The van der Waals surface area contributed by atoms with E-state index in [2.05, 4.69) is 4.98 Å². The van der Waals surface area contributed by atoms with Crippen molar-refractivity contribution in [2.24, 2.45) is 0 Å². The smallest absolute Gasteiger partial charge is 0.389 e. The lowest BCUT2D eigenvalue weighted by Crippen LogP contribution is -2.22. The molecular formula is C17H16F3N3O2. The predicted molar refractivity (Wildman–Crippen MR) is 88.2 cm³/mol. The second kappa shape index (κ2) is 6.27. The van der Waals surface area contributed by atoms with Crippen molar-refractivity contribution in [1.29, 1.82) is 0 Å². The Balaban J connectivity index is 2.00. The van der Waals surface area contributed by atoms with Crippen molar-refractivity contribution in [3.8, 4) is 0 Å². The third-order valence-corrected chi connectivity index (χ3v) is 4.00. The lowest BCUT2D eigenvalue weighted by atomic mass is 10.2. The molecular weight excluding hydrogens is 335 g/mol. The zero-order valence-corrected chi connectivity index (χ0v) is 13.4. The molecule has 5 nitrogen and oxygen atoms in total. The van der Waals surface area contributed by atoms with E-state index in [9.17, 15) is 18.0 Å². The minimum Gasteiger partial charge on any atom is -0.478 e. The van der Waals surface area contributed by atoms with E-state index in [1.807, 2.05) is 22.7 Å². The zero-order valence-electron chi connectivity index (χ0n) is 13.4. The highest BCUT2D eigenvalue weighted by atomic mass is 19.4. The van der Waals surface area contributed by atoms with Gasteiger partial charge in [-0.3, -0.25) is 0 Å². The van der Waals surface area contributed by atoms with Crippen LogP contribution >= 0.6 is 0 Å². The summed E-state index contributed by atoms with van der Waals surface area (Å²) in [5.41, 5.74) is 2.07. The van der Waals surface area contributed by atoms with Gasteiger partial charge in [0.1, 0.15) is 0 Å². The van der Waals surface area contributed by atoms with E-state index in [4.69, 9.17) is 5.11 Å². The standard InChI is InChI=1S/C17H16F3N3O2/c1-22(8-3-7-17(18,19)20)15-14-4-2-9-23(14)13-6-5-11(16(24)25)10-12(13)21-15/h2,4-6,9-10H,3,7-8H2,1H3,(H,24,25). The van der Waals surface area contributed by atoms with Crippen LogP contribution < -0.4 is 4.90 Å². The summed E-state index contributed by atoms with van der Waals surface area (Å²) in [4.78, 5) is 17.3. The van der Waals surface area contributed by atoms with Gasteiger partial charge in [0.2, 0.25) is 0 Å². The molecule has 0 unspecified atom stereocenters. The van der Waals surface area contributed by atoms with Crippen LogP contribution in [0.2, 0.25) is 0 Å². The largest absolute Gasteiger partial charge is 0.478 e. The number of anilines is 1. The number of rotatable bonds is 5. The summed E-state index contributed by atoms with van der Waals surface area (Å²) < 4.78 is 38.9. The number of hydrogen-bond donors (Lipinski definition) is 1. The van der Waals surface area contributed by atoms with Crippen LogP contribution in [0.5, 0.6) is 0 Å². The van der Waals surface area contributed by atoms with Gasteiger partial charge in [-0.05, 0) is 36.8 Å². The van der Waals surface area contributed by atoms with E-state index in [0.717, 1.165) is 11.0 Å². The van der Waals surface area contributed by atoms with Crippen molar-refractivity contribution in [3.63, 3.8) is 0 Å². The predicted octanol–water partition coefficient (Wildman–Crippen LogP) is 3.96. The number of carbonyl (C=O) groups is 1. The zero-order chi connectivity index (χ0) is 18.2. The number of benzene rings is 1. The molecule has 1 N–H and O–H groups in total. The summed E-state index contributed by atoms with van der Waals surface area (Å²) in [5, 5.41) is 9.14. The highest BCUT2D eigenvalue weighted by Crippen LogP contribution is 2.27. The number of nitrogens with zero attached hydrogens (tertiary/aromatic N) is 3. The van der Waals surface area contributed by atoms with Crippen LogP contribution in [0.3, 0.4) is 0 Å². The highest BCUT2D eigenvalue weighted by molar-refractivity contribution is 5.94. The molecule has 0 radical (unpaired) electrons. The maximum absolute atomic E-state index is 12.3. The van der Waals surface area contributed by atoms with E-state index in [1.54, 1.807) is 18.0 Å². The molecule has 0 bridgehead atoms. The number of aromatic nitrogens is 2. The second-order valence-corrected chi connectivity index (χ2v) is 5.85. The summed E-state index contributed by atoms with van der Waals surface area (Å²) in [6.45, 7) is 0.192. The van der Waals surface area contributed by atoms with Gasteiger partial charge in [-0.1, -0.05) is 0 Å². The van der Waals surface area contributed by atoms with E-state index < -0.39 is 18.6 Å². The Labute approximate surface area is 141 Å². The van der Waals surface area contributed by atoms with Crippen molar-refractivity contribution < 1.29 is 23.1 Å². The number of fused-ring (bicyclic) bond motifs is 3. The Morgan fingerprint density at radius 3 is 2.72 bits per heavy atom. The number of carboxylic acid groups (broad SMARTS) is 1. The molecule has 0 saturated carbocycles. The van der Waals surface area contributed by atoms with E-state index in [0.29, 0.717) is 11.3 Å². The first-order chi connectivity index (χ1) is 11.8. The molecule has 0 aliphatic rings. The Morgan fingerprint density at radius 2 is 2.04 bits per heavy atom. The first-order valence-corrected chi connectivity index (χ1v) is 7.68. The minimum atomic E-state index is -4.18. The summed E-state index contributed by atoms with van der Waals surface area (Å²) in [5.74, 6) is -0.543. The Hall–Kier alpha value is -2.77. The number of carboxylic acids is 1. The number of aromatic carboxylic acids is 1. The minimum absolute atomic E-state index is 0.0399. The Kier molecular flexibility index (Phi) is 4.28. The van der Waals surface area contributed by atoms with Gasteiger partial charge in [0.15, 0.2) is 5.82 Å². The van der Waals surface area contributed by atoms with Crippen molar-refractivity contribution in [2.45, 2.75) is 19.0 Å². The molecule has 0 atom stereocenters. The van der Waals surface area contributed by atoms with Crippen LogP contribution in [0.15, 0.2) is 36.5 Å². The van der Waals surface area contributed by atoms with E-state index in [-0.39, 0.29) is 18.5 Å². The van der Waals surface area contributed by atoms with Crippen molar-refractivity contribution >= 4 is 28.3 Å². The molecule has 0 aliphatic heterocycles. The van der Waals surface area contributed by atoms with Crippen molar-refractivity contribution in [3.05, 3.63) is 42.1 Å². The number of halogens is 3. The molecule has 0 spiro atoms. The molecule has 2 aromatic heterocycles. The Morgan fingerprint density at radius 1 is 1.28 bits per heavy atom. The fourth-order valence-corrected chi connectivity index (χ4v) is 2.80. The summed E-state index contributed by atoms with van der Waals surface area (Å²) >= 11 is 0. The van der Waals surface area contributed by atoms with Gasteiger partial charge in [-0.15, -0.1) is 0 Å². The summed E-state index contributed by atoms with van der Waals surface area (Å²) in [7, 11) is 1.68. The third-order valence-electron chi connectivity index (χ3n) is 4.00. The Bertz CT molecular complexity index is 934. The van der Waals surface area contributed by atoms with E-state index in [1.165, 1.54) is 12.1 Å². The monoisotopic (exact) mass is 351 g/mol. The molecule has 25 heavy (non-hydrogen) atoms. The molecule has 0 amide bonds. The van der Waals surface area contributed by atoms with Crippen LogP contribution in [0.1, 0.15) is 23.2 Å². The first-order valence-electron chi connectivity index (χ1n) is 7.68. The van der Waals surface area contributed by atoms with Crippen LogP contribution in [0.4, 0.5) is 19.0 Å². The molecule has 0 fully saturated rings. The SMILES string of the molecule is CN(CCCC(F)(F)F)c1nc2cc(C(=O)O)ccc2n2cccc12. The van der Waals surface area contributed by atoms with Gasteiger partial charge in [0.05, 0.1) is 22.1 Å². The fraction of sp³-hybridized carbons (Fsp3) is 0.294. The molecule has 3 aromatic rings. The molecule has 1 aromatic carbocycles. The molecule has 0 aliphatic carbocycles. The fourth-order valence-electron chi connectivity index (χ4n) is 2.80. The third kappa shape index (κ3) is 3.52. The van der Waals surface area contributed by atoms with Crippen molar-refractivity contribution in [1.82, 2.24) is 9.38 Å². The molecule has 132 valence electrons. The van der Waals surface area contributed by atoms with Crippen LogP contribution in [0, 0.1) is 0 Å². The topological polar surface area (TPSA) is 57.8 Å². The number of hydrogen-bond acceptors (Lipinski definition) is 3. The first kappa shape index (κ1) is 17.1. The lowest BCUT2D eigenvalue weighted by Gasteiger charge is -2.20. The molecule has 0 saturated heterocycles. The normalized spacial score (nSPS) is 12.0. The average molecular weight is 351 g/mol. The van der Waals surface area contributed by atoms with Gasteiger partial charge in [-0.2, -0.15) is 13.2 Å². The van der Waals surface area contributed by atoms with Crippen LogP contribution in [-0.4, -0.2) is 40.2 Å². The maximum Gasteiger partial charge on any atom is 0.389 e. The second-order valence-electron chi connectivity index (χ2n) is 5.85. The van der Waals surface area contributed by atoms with E-state index >= 15 is 0 Å². The summed E-state index contributed by atoms with van der Waals surface area (Å²) in [6, 6.07) is 8.27. The summed E-state index contributed by atoms with van der Waals surface area (Å²) in [6.07, 6.45) is -3.27. The van der Waals surface area contributed by atoms with Gasteiger partial charge < -0.3 is 14.4 Å². The number of alkyl halides is 3. The highest BCUT2D eigenvalue weighted by Gasteiger charge is 2.26. The van der Waals surface area contributed by atoms with Crippen molar-refractivity contribution in [2.75, 3.05) is 18.5 Å². The average Bonchev–Trinajstić information content (AvgIpc) is 3.01. The van der Waals surface area contributed by atoms with Crippen LogP contribution in [-0.2, 0) is 0 Å². The van der Waals surface area contributed by atoms with Gasteiger partial charge in [0.25, 0.3) is 0 Å². The van der Waals surface area contributed by atoms with Crippen LogP contribution in [0.25, 0.3) is 16.6 Å². The quantitative estimate of drug-likeness (QED) is 0.756. The maximum atomic E-state index is 12.3. The molecule has 2 heterocycles. The molecule has 3 rings (SSSR count). The lowest BCUT2D eigenvalue weighted by molar-refractivity contribution is -0.135. The van der Waals surface area contributed by atoms with Gasteiger partial charge in [0, 0.05) is 26.2 Å². The molecule has 8 heteroatoms.